The molecule has 0 aromatic carbocycles. The molecule has 3 nitrogen and oxygen atoms in total. The maximum absolute atomic E-state index is 9.26. The molecule has 0 aromatic heterocycles. The Morgan fingerprint density at radius 1 is 1.45 bits per heavy atom. The molecule has 0 aliphatic heterocycles. The van der Waals surface area contributed by atoms with Gasteiger partial charge >= 0.3 is 0 Å². The van der Waals surface area contributed by atoms with Crippen LogP contribution in [0.4, 0.5) is 0 Å². The van der Waals surface area contributed by atoms with Crippen molar-refractivity contribution >= 4 is 17.0 Å². The van der Waals surface area contributed by atoms with Crippen LogP contribution in [0.1, 0.15) is 19.8 Å². The van der Waals surface area contributed by atoms with Crippen LogP contribution in [0.25, 0.3) is 0 Å². The van der Waals surface area contributed by atoms with Crippen LogP contribution in [0.2, 0.25) is 0 Å². The van der Waals surface area contributed by atoms with Gasteiger partial charge < -0.3 is 10.2 Å². The third kappa shape index (κ3) is 6.75. The van der Waals surface area contributed by atoms with E-state index < -0.39 is 6.23 Å². The molecule has 0 aliphatic rings. The summed E-state index contributed by atoms with van der Waals surface area (Å²) in [4.78, 5) is 1.74. The van der Waals surface area contributed by atoms with Crippen molar-refractivity contribution in [3.63, 3.8) is 0 Å². The number of likely N-dealkylation sites (N-methyl/N-ethyl adjacent to an activating group) is 1. The highest BCUT2D eigenvalue weighted by molar-refractivity contribution is 8.93. The van der Waals surface area contributed by atoms with Crippen molar-refractivity contribution < 1.29 is 10.2 Å². The number of nitrogens with zero attached hydrogens (tertiary/aromatic N) is 1. The number of hydrogen-bond acceptors (Lipinski definition) is 3. The molecule has 0 spiro atoms. The van der Waals surface area contributed by atoms with Crippen molar-refractivity contribution in [2.45, 2.75) is 26.0 Å². The molecule has 0 bridgehead atoms. The van der Waals surface area contributed by atoms with Crippen LogP contribution >= 0.6 is 17.0 Å². The molecule has 0 aliphatic carbocycles. The zero-order valence-corrected chi connectivity index (χ0v) is 8.87. The van der Waals surface area contributed by atoms with Gasteiger partial charge in [-0.3, -0.25) is 4.90 Å². The van der Waals surface area contributed by atoms with Crippen LogP contribution in [-0.2, 0) is 0 Å². The first-order valence-electron chi connectivity index (χ1n) is 3.71. The highest BCUT2D eigenvalue weighted by Gasteiger charge is 2.07. The van der Waals surface area contributed by atoms with Gasteiger partial charge in [-0.15, -0.1) is 17.0 Å². The largest absolute Gasteiger partial charge is 0.395 e. The lowest BCUT2D eigenvalue weighted by Crippen LogP contribution is -2.33. The highest BCUT2D eigenvalue weighted by Crippen LogP contribution is 1.99. The molecule has 1 atom stereocenters. The maximum Gasteiger partial charge on any atom is 0.107 e. The van der Waals surface area contributed by atoms with Gasteiger partial charge in [0.2, 0.25) is 0 Å². The Morgan fingerprint density at radius 2 is 2.00 bits per heavy atom. The van der Waals surface area contributed by atoms with E-state index in [2.05, 4.69) is 0 Å². The van der Waals surface area contributed by atoms with E-state index in [1.807, 2.05) is 6.92 Å². The van der Waals surface area contributed by atoms with E-state index in [0.717, 1.165) is 12.8 Å². The van der Waals surface area contributed by atoms with E-state index in [-0.39, 0.29) is 23.6 Å². The van der Waals surface area contributed by atoms with Gasteiger partial charge in [0, 0.05) is 6.54 Å². The standard InChI is InChI=1S/C7H17NO2.BrH/c1-3-4-7(10)8(2)5-6-9;/h7,9-10H,3-6H2,1-2H3;1H. The summed E-state index contributed by atoms with van der Waals surface area (Å²) in [7, 11) is 1.80. The smallest absolute Gasteiger partial charge is 0.107 e. The predicted octanol–water partition coefficient (Wildman–Crippen LogP) is 0.607. The van der Waals surface area contributed by atoms with Crippen LogP contribution in [-0.4, -0.2) is 41.5 Å². The SMILES string of the molecule is Br.CCCC(O)N(C)CCO. The Hall–Kier alpha value is 0.360. The molecule has 1 unspecified atom stereocenters. The Labute approximate surface area is 78.8 Å². The number of aliphatic hydroxyl groups excluding tert-OH is 2. The second kappa shape index (κ2) is 8.46. The molecule has 0 saturated carbocycles. The van der Waals surface area contributed by atoms with Gasteiger partial charge in [0.15, 0.2) is 0 Å². The predicted molar refractivity (Wildman–Crippen MR) is 51.0 cm³/mol. The number of rotatable bonds is 5. The molecule has 4 heteroatoms. The van der Waals surface area contributed by atoms with Crippen molar-refractivity contribution in [2.24, 2.45) is 0 Å². The fourth-order valence-corrected chi connectivity index (χ4v) is 0.785. The lowest BCUT2D eigenvalue weighted by atomic mass is 10.3. The molecule has 70 valence electrons. The van der Waals surface area contributed by atoms with E-state index in [1.165, 1.54) is 0 Å². The lowest BCUT2D eigenvalue weighted by molar-refractivity contribution is 0.00640. The molecule has 0 rings (SSSR count). The van der Waals surface area contributed by atoms with Gasteiger partial charge in [-0.2, -0.15) is 0 Å². The summed E-state index contributed by atoms with van der Waals surface area (Å²) in [6.07, 6.45) is 1.35. The molecular formula is C7H18BrNO2. The van der Waals surface area contributed by atoms with Crippen molar-refractivity contribution in [1.82, 2.24) is 4.90 Å². The van der Waals surface area contributed by atoms with Crippen molar-refractivity contribution in [3.8, 4) is 0 Å². The molecule has 0 fully saturated rings. The minimum atomic E-state index is -0.392. The van der Waals surface area contributed by atoms with Gasteiger partial charge in [-0.1, -0.05) is 13.3 Å². The number of aliphatic hydroxyl groups is 2. The van der Waals surface area contributed by atoms with Crippen LogP contribution in [0.5, 0.6) is 0 Å². The minimum Gasteiger partial charge on any atom is -0.395 e. The fourth-order valence-electron chi connectivity index (χ4n) is 0.785. The first kappa shape index (κ1) is 13.9. The fraction of sp³-hybridized carbons (Fsp3) is 1.00. The Kier molecular flexibility index (Phi) is 10.7. The van der Waals surface area contributed by atoms with Crippen LogP contribution in [0, 0.1) is 0 Å². The summed E-state index contributed by atoms with van der Waals surface area (Å²) in [5.74, 6) is 0. The molecule has 0 aromatic rings. The Bertz CT molecular complexity index is 72.8. The summed E-state index contributed by atoms with van der Waals surface area (Å²) < 4.78 is 0. The normalized spacial score (nSPS) is 12.8. The van der Waals surface area contributed by atoms with Gasteiger partial charge in [0.25, 0.3) is 0 Å². The Morgan fingerprint density at radius 3 is 2.36 bits per heavy atom. The topological polar surface area (TPSA) is 43.7 Å². The van der Waals surface area contributed by atoms with Crippen molar-refractivity contribution in [2.75, 3.05) is 20.2 Å². The van der Waals surface area contributed by atoms with Crippen molar-refractivity contribution in [3.05, 3.63) is 0 Å². The van der Waals surface area contributed by atoms with Crippen molar-refractivity contribution in [1.29, 1.82) is 0 Å². The first-order valence-corrected chi connectivity index (χ1v) is 3.71. The lowest BCUT2D eigenvalue weighted by Gasteiger charge is -2.21. The quantitative estimate of drug-likeness (QED) is 0.677. The molecule has 0 amide bonds. The zero-order chi connectivity index (χ0) is 7.98. The minimum absolute atomic E-state index is 0. The van der Waals surface area contributed by atoms with Crippen LogP contribution in [0.3, 0.4) is 0 Å². The highest BCUT2D eigenvalue weighted by atomic mass is 79.9. The summed E-state index contributed by atoms with van der Waals surface area (Å²) in [6.45, 7) is 2.68. The molecule has 2 N–H and O–H groups in total. The van der Waals surface area contributed by atoms with E-state index in [1.54, 1.807) is 11.9 Å². The third-order valence-electron chi connectivity index (χ3n) is 1.51. The average Bonchev–Trinajstić information content (AvgIpc) is 1.89. The summed E-state index contributed by atoms with van der Waals surface area (Å²) >= 11 is 0. The molecule has 11 heavy (non-hydrogen) atoms. The maximum atomic E-state index is 9.26. The van der Waals surface area contributed by atoms with Gasteiger partial charge in [-0.25, -0.2) is 0 Å². The Balaban J connectivity index is 0. The summed E-state index contributed by atoms with van der Waals surface area (Å²) in [5, 5.41) is 17.8. The molecule has 0 radical (unpaired) electrons. The zero-order valence-electron chi connectivity index (χ0n) is 7.16. The molecule has 0 saturated heterocycles. The van der Waals surface area contributed by atoms with E-state index in [9.17, 15) is 5.11 Å². The molecular weight excluding hydrogens is 210 g/mol. The first-order chi connectivity index (χ1) is 4.72. The van der Waals surface area contributed by atoms with E-state index in [0.29, 0.717) is 6.54 Å². The van der Waals surface area contributed by atoms with Gasteiger partial charge in [0.1, 0.15) is 6.23 Å². The number of halogens is 1. The molecule has 0 heterocycles. The van der Waals surface area contributed by atoms with Crippen LogP contribution in [0.15, 0.2) is 0 Å². The van der Waals surface area contributed by atoms with E-state index >= 15 is 0 Å². The van der Waals surface area contributed by atoms with Crippen LogP contribution < -0.4 is 0 Å². The monoisotopic (exact) mass is 227 g/mol. The summed E-state index contributed by atoms with van der Waals surface area (Å²) in [6, 6.07) is 0. The van der Waals surface area contributed by atoms with E-state index in [4.69, 9.17) is 5.11 Å². The van der Waals surface area contributed by atoms with Gasteiger partial charge in [-0.05, 0) is 13.5 Å². The summed E-state index contributed by atoms with van der Waals surface area (Å²) in [5.41, 5.74) is 0. The third-order valence-corrected chi connectivity index (χ3v) is 1.51. The number of hydrogen-bond donors (Lipinski definition) is 2. The second-order valence-electron chi connectivity index (χ2n) is 2.47. The van der Waals surface area contributed by atoms with Gasteiger partial charge in [0.05, 0.1) is 6.61 Å². The average molecular weight is 228 g/mol. The second-order valence-corrected chi connectivity index (χ2v) is 2.47.